The van der Waals surface area contributed by atoms with E-state index in [1.54, 1.807) is 24.3 Å². The Hall–Kier alpha value is -3.16. The first kappa shape index (κ1) is 28.4. The highest BCUT2D eigenvalue weighted by atomic mass is 35.5. The van der Waals surface area contributed by atoms with Gasteiger partial charge < -0.3 is 10.2 Å². The van der Waals surface area contributed by atoms with Gasteiger partial charge in [0.25, 0.3) is 15.9 Å². The highest BCUT2D eigenvalue weighted by Gasteiger charge is 2.40. The first-order chi connectivity index (χ1) is 19.0. The normalized spacial score (nSPS) is 17.1. The topological polar surface area (TPSA) is 124 Å². The van der Waals surface area contributed by atoms with E-state index in [1.807, 2.05) is 4.90 Å². The molecule has 0 saturated carbocycles. The standard InChI is InChI=1S/C26H24Cl2N4O6S2/c27-18-15-19(28)17-21(16-18)30-11-13-31(14-12-30)39(35,36)22-7-5-20(6-8-22)29-25(33)9-10-32-26(34)23-3-1-2-4-24(23)40(32,37)38/h1-8,15-17H,9-14H2,(H,29,33). The number of nitrogens with one attached hydrogen (secondary N) is 1. The van der Waals surface area contributed by atoms with Gasteiger partial charge in [0.1, 0.15) is 4.90 Å². The molecule has 210 valence electrons. The Morgan fingerprint density at radius 2 is 1.52 bits per heavy atom. The van der Waals surface area contributed by atoms with Crippen molar-refractivity contribution in [3.8, 4) is 0 Å². The number of nitrogens with zero attached hydrogens (tertiary/aromatic N) is 3. The molecule has 0 atom stereocenters. The summed E-state index contributed by atoms with van der Waals surface area (Å²) in [6, 6.07) is 16.8. The number of fused-ring (bicyclic) bond motifs is 1. The first-order valence-electron chi connectivity index (χ1n) is 12.2. The molecule has 0 spiro atoms. The maximum absolute atomic E-state index is 13.2. The lowest BCUT2D eigenvalue weighted by Gasteiger charge is -2.35. The number of hydrogen-bond donors (Lipinski definition) is 1. The summed E-state index contributed by atoms with van der Waals surface area (Å²) in [5, 5.41) is 3.62. The average Bonchev–Trinajstić information content (AvgIpc) is 3.12. The van der Waals surface area contributed by atoms with Crippen LogP contribution >= 0.6 is 23.2 Å². The van der Waals surface area contributed by atoms with Gasteiger partial charge in [-0.3, -0.25) is 9.59 Å². The summed E-state index contributed by atoms with van der Waals surface area (Å²) in [4.78, 5) is 27.0. The van der Waals surface area contributed by atoms with Crippen LogP contribution in [-0.4, -0.2) is 70.0 Å². The van der Waals surface area contributed by atoms with E-state index in [-0.39, 0.29) is 41.4 Å². The Morgan fingerprint density at radius 3 is 2.15 bits per heavy atom. The smallest absolute Gasteiger partial charge is 0.269 e. The summed E-state index contributed by atoms with van der Waals surface area (Å²) in [5.41, 5.74) is 1.24. The van der Waals surface area contributed by atoms with Gasteiger partial charge in [-0.05, 0) is 54.6 Å². The lowest BCUT2D eigenvalue weighted by molar-refractivity contribution is -0.116. The van der Waals surface area contributed by atoms with E-state index in [0.29, 0.717) is 33.1 Å². The summed E-state index contributed by atoms with van der Waals surface area (Å²) < 4.78 is 53.8. The monoisotopic (exact) mass is 622 g/mol. The first-order valence-corrected chi connectivity index (χ1v) is 15.9. The number of amides is 2. The number of sulfonamides is 2. The van der Waals surface area contributed by atoms with Gasteiger partial charge in [-0.1, -0.05) is 35.3 Å². The predicted molar refractivity (Wildman–Crippen MR) is 152 cm³/mol. The third-order valence-corrected chi connectivity index (χ3v) is 10.9. The molecule has 0 unspecified atom stereocenters. The van der Waals surface area contributed by atoms with Crippen molar-refractivity contribution in [1.29, 1.82) is 0 Å². The van der Waals surface area contributed by atoms with Crippen molar-refractivity contribution >= 4 is 66.4 Å². The molecule has 1 N–H and O–H groups in total. The molecular weight excluding hydrogens is 599 g/mol. The van der Waals surface area contributed by atoms with Crippen molar-refractivity contribution in [2.45, 2.75) is 16.2 Å². The maximum Gasteiger partial charge on any atom is 0.269 e. The number of benzene rings is 3. The van der Waals surface area contributed by atoms with Gasteiger partial charge in [0.15, 0.2) is 0 Å². The quantitative estimate of drug-likeness (QED) is 0.426. The lowest BCUT2D eigenvalue weighted by atomic mass is 10.2. The fourth-order valence-corrected chi connectivity index (χ4v) is 8.15. The van der Waals surface area contributed by atoms with Crippen LogP contribution in [0.15, 0.2) is 76.5 Å². The number of carbonyl (C=O) groups is 2. The second-order valence-corrected chi connectivity index (χ2v) is 13.9. The molecule has 5 rings (SSSR count). The minimum Gasteiger partial charge on any atom is -0.369 e. The molecule has 2 aliphatic rings. The molecule has 0 bridgehead atoms. The number of hydrogen-bond acceptors (Lipinski definition) is 7. The molecule has 0 radical (unpaired) electrons. The summed E-state index contributed by atoms with van der Waals surface area (Å²) in [5.74, 6) is -1.19. The Bertz CT molecular complexity index is 1670. The van der Waals surface area contributed by atoms with Crippen LogP contribution in [-0.2, 0) is 24.8 Å². The molecule has 3 aromatic carbocycles. The Morgan fingerprint density at radius 1 is 0.900 bits per heavy atom. The highest BCUT2D eigenvalue weighted by molar-refractivity contribution is 7.90. The largest absolute Gasteiger partial charge is 0.369 e. The van der Waals surface area contributed by atoms with Gasteiger partial charge >= 0.3 is 0 Å². The van der Waals surface area contributed by atoms with Crippen LogP contribution in [0.4, 0.5) is 11.4 Å². The van der Waals surface area contributed by atoms with E-state index in [1.165, 1.54) is 46.8 Å². The molecule has 1 fully saturated rings. The van der Waals surface area contributed by atoms with Crippen LogP contribution in [0.5, 0.6) is 0 Å². The van der Waals surface area contributed by atoms with Crippen LogP contribution in [0, 0.1) is 0 Å². The SMILES string of the molecule is O=C(CCN1C(=O)c2ccccc2S1(=O)=O)Nc1ccc(S(=O)(=O)N2CCN(c3cc(Cl)cc(Cl)c3)CC2)cc1. The fraction of sp³-hybridized carbons (Fsp3) is 0.231. The number of halogens is 2. The Labute approximate surface area is 242 Å². The average molecular weight is 624 g/mol. The minimum absolute atomic E-state index is 0.0764. The van der Waals surface area contributed by atoms with E-state index in [0.717, 1.165) is 5.69 Å². The molecule has 2 amide bonds. The van der Waals surface area contributed by atoms with Gasteiger partial charge in [0.2, 0.25) is 15.9 Å². The van der Waals surface area contributed by atoms with Crippen molar-refractivity contribution in [1.82, 2.24) is 8.61 Å². The van der Waals surface area contributed by atoms with Gasteiger partial charge in [-0.15, -0.1) is 0 Å². The Kier molecular flexibility index (Phi) is 7.81. The molecule has 0 aliphatic carbocycles. The zero-order valence-corrected chi connectivity index (χ0v) is 24.1. The fourth-order valence-electron chi connectivity index (χ4n) is 4.65. The summed E-state index contributed by atoms with van der Waals surface area (Å²) >= 11 is 12.2. The number of anilines is 2. The number of rotatable bonds is 7. The number of carbonyl (C=O) groups excluding carboxylic acids is 2. The van der Waals surface area contributed by atoms with Gasteiger partial charge in [-0.2, -0.15) is 4.31 Å². The zero-order chi connectivity index (χ0) is 28.7. The van der Waals surface area contributed by atoms with E-state index in [4.69, 9.17) is 23.2 Å². The summed E-state index contributed by atoms with van der Waals surface area (Å²) in [7, 11) is -7.77. The molecule has 3 aromatic rings. The van der Waals surface area contributed by atoms with Crippen LogP contribution in [0.1, 0.15) is 16.8 Å². The van der Waals surface area contributed by atoms with Crippen molar-refractivity contribution in [2.75, 3.05) is 42.9 Å². The summed E-state index contributed by atoms with van der Waals surface area (Å²) in [6.45, 7) is 1.15. The van der Waals surface area contributed by atoms with Crippen LogP contribution in [0.25, 0.3) is 0 Å². The van der Waals surface area contributed by atoms with Gasteiger partial charge in [0, 0.05) is 60.6 Å². The maximum atomic E-state index is 13.2. The minimum atomic E-state index is -4.00. The lowest BCUT2D eigenvalue weighted by Crippen LogP contribution is -2.48. The predicted octanol–water partition coefficient (Wildman–Crippen LogP) is 3.68. The van der Waals surface area contributed by atoms with Crippen molar-refractivity contribution < 1.29 is 26.4 Å². The molecule has 2 heterocycles. The van der Waals surface area contributed by atoms with E-state index in [2.05, 4.69) is 5.32 Å². The van der Waals surface area contributed by atoms with Gasteiger partial charge in [-0.25, -0.2) is 21.1 Å². The molecule has 40 heavy (non-hydrogen) atoms. The Balaban J connectivity index is 1.17. The van der Waals surface area contributed by atoms with E-state index < -0.39 is 31.9 Å². The third kappa shape index (κ3) is 5.54. The van der Waals surface area contributed by atoms with Crippen molar-refractivity contribution in [2.24, 2.45) is 0 Å². The zero-order valence-electron chi connectivity index (χ0n) is 21.0. The van der Waals surface area contributed by atoms with E-state index in [9.17, 15) is 26.4 Å². The molecule has 10 nitrogen and oxygen atoms in total. The van der Waals surface area contributed by atoms with Crippen molar-refractivity contribution in [3.05, 3.63) is 82.3 Å². The molecular formula is C26H24Cl2N4O6S2. The van der Waals surface area contributed by atoms with Crippen LogP contribution in [0.3, 0.4) is 0 Å². The molecule has 2 aliphatic heterocycles. The number of piperazine rings is 1. The van der Waals surface area contributed by atoms with E-state index >= 15 is 0 Å². The van der Waals surface area contributed by atoms with Crippen molar-refractivity contribution in [3.63, 3.8) is 0 Å². The third-order valence-electron chi connectivity index (χ3n) is 6.68. The molecule has 1 saturated heterocycles. The second kappa shape index (κ2) is 11.0. The molecule has 0 aromatic heterocycles. The summed E-state index contributed by atoms with van der Waals surface area (Å²) in [6.07, 6.45) is -0.263. The highest BCUT2D eigenvalue weighted by Crippen LogP contribution is 2.30. The van der Waals surface area contributed by atoms with Gasteiger partial charge in [0.05, 0.1) is 10.5 Å². The second-order valence-electron chi connectivity index (χ2n) is 9.22. The van der Waals surface area contributed by atoms with Crippen LogP contribution in [0.2, 0.25) is 10.0 Å². The van der Waals surface area contributed by atoms with Crippen LogP contribution < -0.4 is 10.2 Å². The molecule has 14 heteroatoms.